The zero-order chi connectivity index (χ0) is 17.5. The van der Waals surface area contributed by atoms with Gasteiger partial charge in [0.25, 0.3) is 0 Å². The highest BCUT2D eigenvalue weighted by atomic mass is 16.2. The molecule has 5 heteroatoms. The van der Waals surface area contributed by atoms with Crippen molar-refractivity contribution in [1.82, 2.24) is 15.6 Å². The van der Waals surface area contributed by atoms with Gasteiger partial charge in [-0.15, -0.1) is 0 Å². The van der Waals surface area contributed by atoms with Crippen molar-refractivity contribution in [2.24, 2.45) is 0 Å². The maximum absolute atomic E-state index is 12.5. The van der Waals surface area contributed by atoms with Crippen LogP contribution < -0.4 is 10.6 Å². The van der Waals surface area contributed by atoms with Gasteiger partial charge in [0.15, 0.2) is 0 Å². The molecular formula is C20H23N3O2. The monoisotopic (exact) mass is 337 g/mol. The molecule has 0 radical (unpaired) electrons. The number of nitrogens with zero attached hydrogens (tertiary/aromatic N) is 1. The largest absolute Gasteiger partial charge is 0.352 e. The Hall–Kier alpha value is -2.69. The second-order valence-electron chi connectivity index (χ2n) is 6.45. The highest BCUT2D eigenvalue weighted by molar-refractivity contribution is 5.88. The minimum Gasteiger partial charge on any atom is -0.352 e. The topological polar surface area (TPSA) is 71.1 Å². The number of amides is 2. The molecule has 1 saturated carbocycles. The maximum Gasteiger partial charge on any atom is 0.243 e. The molecule has 1 atom stereocenters. The molecule has 0 bridgehead atoms. The number of aromatic nitrogens is 1. The molecule has 5 nitrogen and oxygen atoms in total. The third kappa shape index (κ3) is 5.71. The van der Waals surface area contributed by atoms with Crippen molar-refractivity contribution in [3.8, 4) is 0 Å². The van der Waals surface area contributed by atoms with Crippen molar-refractivity contribution in [3.63, 3.8) is 0 Å². The highest BCUT2D eigenvalue weighted by Gasteiger charge is 2.28. The van der Waals surface area contributed by atoms with Crippen LogP contribution >= 0.6 is 0 Å². The molecule has 0 aliphatic heterocycles. The van der Waals surface area contributed by atoms with E-state index in [0.717, 1.165) is 24.0 Å². The molecule has 1 fully saturated rings. The van der Waals surface area contributed by atoms with Crippen molar-refractivity contribution in [2.45, 2.75) is 44.2 Å². The van der Waals surface area contributed by atoms with Crippen LogP contribution in [0.15, 0.2) is 54.9 Å². The van der Waals surface area contributed by atoms with Crippen LogP contribution in [0.25, 0.3) is 0 Å². The summed E-state index contributed by atoms with van der Waals surface area (Å²) in [6.45, 7) is 0. The molecule has 130 valence electrons. The summed E-state index contributed by atoms with van der Waals surface area (Å²) in [5, 5.41) is 5.89. The van der Waals surface area contributed by atoms with Gasteiger partial charge in [-0.1, -0.05) is 30.3 Å². The number of carbonyl (C=O) groups is 2. The van der Waals surface area contributed by atoms with Gasteiger partial charge in [0, 0.05) is 31.3 Å². The zero-order valence-electron chi connectivity index (χ0n) is 14.2. The van der Waals surface area contributed by atoms with E-state index in [1.165, 1.54) is 0 Å². The van der Waals surface area contributed by atoms with Gasteiger partial charge in [-0.3, -0.25) is 14.6 Å². The van der Waals surface area contributed by atoms with Gasteiger partial charge >= 0.3 is 0 Å². The average molecular weight is 337 g/mol. The maximum atomic E-state index is 12.5. The Bertz CT molecular complexity index is 699. The van der Waals surface area contributed by atoms with Crippen molar-refractivity contribution < 1.29 is 9.59 Å². The van der Waals surface area contributed by atoms with E-state index >= 15 is 0 Å². The van der Waals surface area contributed by atoms with Gasteiger partial charge < -0.3 is 10.6 Å². The Morgan fingerprint density at radius 1 is 1.04 bits per heavy atom. The molecule has 1 aliphatic carbocycles. The summed E-state index contributed by atoms with van der Waals surface area (Å²) < 4.78 is 0. The molecule has 2 amide bonds. The summed E-state index contributed by atoms with van der Waals surface area (Å²) in [6, 6.07) is 13.3. The second kappa shape index (κ2) is 8.42. The van der Waals surface area contributed by atoms with Crippen LogP contribution in [0.1, 0.15) is 30.4 Å². The Morgan fingerprint density at radius 2 is 1.76 bits per heavy atom. The summed E-state index contributed by atoms with van der Waals surface area (Å²) in [7, 11) is 0. The molecule has 1 unspecified atom stereocenters. The number of carbonyl (C=O) groups excluding carboxylic acids is 2. The van der Waals surface area contributed by atoms with Crippen molar-refractivity contribution in [3.05, 3.63) is 66.0 Å². The summed E-state index contributed by atoms with van der Waals surface area (Å²) >= 11 is 0. The third-order valence-corrected chi connectivity index (χ3v) is 4.25. The van der Waals surface area contributed by atoms with Gasteiger partial charge in [-0.2, -0.15) is 0 Å². The Labute approximate surface area is 147 Å². The minimum atomic E-state index is -0.534. The molecule has 25 heavy (non-hydrogen) atoms. The smallest absolute Gasteiger partial charge is 0.243 e. The molecule has 1 aromatic carbocycles. The number of pyridine rings is 1. The first-order valence-electron chi connectivity index (χ1n) is 8.73. The van der Waals surface area contributed by atoms with Gasteiger partial charge in [0.2, 0.25) is 11.8 Å². The SMILES string of the molecule is O=C(CCc1ccncc1)NC(Cc1ccccc1)C(=O)NC1CC1. The lowest BCUT2D eigenvalue weighted by molar-refractivity contribution is -0.129. The van der Waals surface area contributed by atoms with E-state index in [4.69, 9.17) is 0 Å². The average Bonchev–Trinajstić information content (AvgIpc) is 3.45. The minimum absolute atomic E-state index is 0.0939. The van der Waals surface area contributed by atoms with Crippen LogP contribution in [0.4, 0.5) is 0 Å². The zero-order valence-corrected chi connectivity index (χ0v) is 14.2. The fraction of sp³-hybridized carbons (Fsp3) is 0.350. The van der Waals surface area contributed by atoms with Crippen molar-refractivity contribution in [2.75, 3.05) is 0 Å². The van der Waals surface area contributed by atoms with E-state index in [2.05, 4.69) is 15.6 Å². The number of nitrogens with one attached hydrogen (secondary N) is 2. The molecule has 1 heterocycles. The molecule has 1 aliphatic rings. The lowest BCUT2D eigenvalue weighted by Gasteiger charge is -2.18. The standard InChI is InChI=1S/C20H23N3O2/c24-19(9-6-15-10-12-21-13-11-15)23-18(20(25)22-17-7-8-17)14-16-4-2-1-3-5-16/h1-5,10-13,17-18H,6-9,14H2,(H,22,25)(H,23,24). The fourth-order valence-corrected chi connectivity index (χ4v) is 2.66. The van der Waals surface area contributed by atoms with Crippen molar-refractivity contribution >= 4 is 11.8 Å². The van der Waals surface area contributed by atoms with E-state index in [1.807, 2.05) is 42.5 Å². The van der Waals surface area contributed by atoms with E-state index in [9.17, 15) is 9.59 Å². The summed E-state index contributed by atoms with van der Waals surface area (Å²) in [6.07, 6.45) is 6.98. The summed E-state index contributed by atoms with van der Waals surface area (Å²) in [5.74, 6) is -0.202. The number of aryl methyl sites for hydroxylation is 1. The van der Waals surface area contributed by atoms with Crippen molar-refractivity contribution in [1.29, 1.82) is 0 Å². The first-order chi connectivity index (χ1) is 12.2. The van der Waals surface area contributed by atoms with Gasteiger partial charge in [0.05, 0.1) is 0 Å². The van der Waals surface area contributed by atoms with Crippen LogP contribution in [0.3, 0.4) is 0 Å². The lowest BCUT2D eigenvalue weighted by Crippen LogP contribution is -2.48. The van der Waals surface area contributed by atoms with E-state index in [-0.39, 0.29) is 17.9 Å². The normalized spacial score (nSPS) is 14.6. The van der Waals surface area contributed by atoms with Crippen LogP contribution in [0.5, 0.6) is 0 Å². The highest BCUT2D eigenvalue weighted by Crippen LogP contribution is 2.19. The third-order valence-electron chi connectivity index (χ3n) is 4.25. The van der Waals surface area contributed by atoms with E-state index in [0.29, 0.717) is 19.3 Å². The van der Waals surface area contributed by atoms with E-state index in [1.54, 1.807) is 12.4 Å². The Kier molecular flexibility index (Phi) is 5.77. The number of benzene rings is 1. The number of hydrogen-bond donors (Lipinski definition) is 2. The molecule has 0 spiro atoms. The summed E-state index contributed by atoms with van der Waals surface area (Å²) in [5.41, 5.74) is 2.10. The molecule has 2 N–H and O–H groups in total. The van der Waals surface area contributed by atoms with Gasteiger partial charge in [-0.05, 0) is 42.5 Å². The Morgan fingerprint density at radius 3 is 2.44 bits per heavy atom. The molecule has 2 aromatic rings. The van der Waals surface area contributed by atoms with E-state index < -0.39 is 6.04 Å². The van der Waals surface area contributed by atoms with Crippen LogP contribution in [0.2, 0.25) is 0 Å². The first kappa shape index (κ1) is 17.1. The van der Waals surface area contributed by atoms with Crippen LogP contribution in [-0.4, -0.2) is 28.9 Å². The number of rotatable bonds is 8. The summed E-state index contributed by atoms with van der Waals surface area (Å²) in [4.78, 5) is 28.8. The second-order valence-corrected chi connectivity index (χ2v) is 6.45. The predicted molar refractivity (Wildman–Crippen MR) is 95.8 cm³/mol. The molecule has 0 saturated heterocycles. The number of hydrogen-bond acceptors (Lipinski definition) is 3. The quantitative estimate of drug-likeness (QED) is 0.774. The van der Waals surface area contributed by atoms with Crippen LogP contribution in [-0.2, 0) is 22.4 Å². The lowest BCUT2D eigenvalue weighted by atomic mass is 10.0. The molecular weight excluding hydrogens is 314 g/mol. The first-order valence-corrected chi connectivity index (χ1v) is 8.73. The van der Waals surface area contributed by atoms with Crippen LogP contribution in [0, 0.1) is 0 Å². The Balaban J connectivity index is 1.57. The molecule has 3 rings (SSSR count). The van der Waals surface area contributed by atoms with Gasteiger partial charge in [0.1, 0.15) is 6.04 Å². The predicted octanol–water partition coefficient (Wildman–Crippen LogP) is 2.02. The fourth-order valence-electron chi connectivity index (χ4n) is 2.66. The molecule has 1 aromatic heterocycles. The van der Waals surface area contributed by atoms with Gasteiger partial charge in [-0.25, -0.2) is 0 Å².